The first-order chi connectivity index (χ1) is 6.68. The average molecular weight is 210 g/mol. The van der Waals surface area contributed by atoms with Crippen molar-refractivity contribution in [2.75, 3.05) is 0 Å². The van der Waals surface area contributed by atoms with Gasteiger partial charge in [0.05, 0.1) is 6.21 Å². The Bertz CT molecular complexity index is 304. The van der Waals surface area contributed by atoms with E-state index in [1.807, 2.05) is 30.7 Å². The molecule has 0 fully saturated rings. The van der Waals surface area contributed by atoms with Crippen molar-refractivity contribution in [1.29, 1.82) is 0 Å². The van der Waals surface area contributed by atoms with Gasteiger partial charge in [-0.25, -0.2) is 5.43 Å². The predicted octanol–water partition coefficient (Wildman–Crippen LogP) is 2.24. The third kappa shape index (κ3) is 4.18. The van der Waals surface area contributed by atoms with Crippen molar-refractivity contribution in [3.63, 3.8) is 0 Å². The third-order valence-corrected chi connectivity index (χ3v) is 2.24. The molecule has 0 atom stereocenters. The van der Waals surface area contributed by atoms with Gasteiger partial charge < -0.3 is 0 Å². The molecule has 0 saturated heterocycles. The molecule has 14 heavy (non-hydrogen) atoms. The SMILES string of the molecule is CC(C)CC(=O)N/N=C/c1ccsc1. The summed E-state index contributed by atoms with van der Waals surface area (Å²) >= 11 is 1.61. The quantitative estimate of drug-likeness (QED) is 0.601. The minimum Gasteiger partial charge on any atom is -0.273 e. The average Bonchev–Trinajstić information content (AvgIpc) is 2.55. The smallest absolute Gasteiger partial charge is 0.240 e. The second kappa shape index (κ2) is 5.54. The van der Waals surface area contributed by atoms with Crippen LogP contribution in [0.15, 0.2) is 21.9 Å². The van der Waals surface area contributed by atoms with Crippen LogP contribution < -0.4 is 5.43 Å². The summed E-state index contributed by atoms with van der Waals surface area (Å²) in [7, 11) is 0. The molecular weight excluding hydrogens is 196 g/mol. The first-order valence-corrected chi connectivity index (χ1v) is 5.47. The van der Waals surface area contributed by atoms with Gasteiger partial charge in [-0.15, -0.1) is 0 Å². The Labute approximate surface area is 87.8 Å². The summed E-state index contributed by atoms with van der Waals surface area (Å²) in [5, 5.41) is 7.79. The zero-order valence-corrected chi connectivity index (χ0v) is 9.17. The lowest BCUT2D eigenvalue weighted by Crippen LogP contribution is -2.18. The number of hydrogen-bond acceptors (Lipinski definition) is 3. The van der Waals surface area contributed by atoms with E-state index >= 15 is 0 Å². The molecule has 0 spiro atoms. The molecule has 1 amide bonds. The number of hydrazone groups is 1. The molecule has 1 N–H and O–H groups in total. The summed E-state index contributed by atoms with van der Waals surface area (Å²) in [5.41, 5.74) is 3.50. The Morgan fingerprint density at radius 2 is 2.50 bits per heavy atom. The van der Waals surface area contributed by atoms with Crippen LogP contribution >= 0.6 is 11.3 Å². The number of rotatable bonds is 4. The van der Waals surface area contributed by atoms with Crippen LogP contribution in [0.3, 0.4) is 0 Å². The lowest BCUT2D eigenvalue weighted by atomic mass is 10.1. The highest BCUT2D eigenvalue weighted by Crippen LogP contribution is 2.02. The van der Waals surface area contributed by atoms with Crippen molar-refractivity contribution in [1.82, 2.24) is 5.43 Å². The van der Waals surface area contributed by atoms with Crippen LogP contribution in [-0.2, 0) is 4.79 Å². The molecule has 4 heteroatoms. The van der Waals surface area contributed by atoms with E-state index in [1.54, 1.807) is 17.6 Å². The van der Waals surface area contributed by atoms with Crippen LogP contribution in [0, 0.1) is 5.92 Å². The van der Waals surface area contributed by atoms with Gasteiger partial charge in [-0.1, -0.05) is 13.8 Å². The van der Waals surface area contributed by atoms with Gasteiger partial charge in [0, 0.05) is 12.0 Å². The summed E-state index contributed by atoms with van der Waals surface area (Å²) in [6, 6.07) is 1.95. The van der Waals surface area contributed by atoms with E-state index in [2.05, 4.69) is 10.5 Å². The maximum Gasteiger partial charge on any atom is 0.240 e. The fourth-order valence-electron chi connectivity index (χ4n) is 0.944. The van der Waals surface area contributed by atoms with E-state index in [9.17, 15) is 4.79 Å². The summed E-state index contributed by atoms with van der Waals surface area (Å²) in [5.74, 6) is 0.331. The van der Waals surface area contributed by atoms with E-state index in [1.165, 1.54) is 0 Å². The Kier molecular flexibility index (Phi) is 4.32. The van der Waals surface area contributed by atoms with Crippen LogP contribution in [0.2, 0.25) is 0 Å². The molecule has 0 radical (unpaired) electrons. The number of carbonyl (C=O) groups is 1. The van der Waals surface area contributed by atoms with Crippen molar-refractivity contribution in [2.45, 2.75) is 20.3 Å². The van der Waals surface area contributed by atoms with E-state index in [0.717, 1.165) is 5.56 Å². The second-order valence-electron chi connectivity index (χ2n) is 3.45. The first-order valence-electron chi connectivity index (χ1n) is 4.52. The van der Waals surface area contributed by atoms with Crippen molar-refractivity contribution in [3.05, 3.63) is 22.4 Å². The molecule has 0 aromatic carbocycles. The zero-order chi connectivity index (χ0) is 10.4. The Morgan fingerprint density at radius 3 is 3.07 bits per heavy atom. The Morgan fingerprint density at radius 1 is 1.71 bits per heavy atom. The van der Waals surface area contributed by atoms with Crippen LogP contribution in [0.5, 0.6) is 0 Å². The number of amides is 1. The highest BCUT2D eigenvalue weighted by atomic mass is 32.1. The Balaban J connectivity index is 2.30. The van der Waals surface area contributed by atoms with E-state index < -0.39 is 0 Å². The normalized spacial score (nSPS) is 11.1. The van der Waals surface area contributed by atoms with Gasteiger partial charge in [-0.05, 0) is 22.7 Å². The first kappa shape index (κ1) is 10.9. The van der Waals surface area contributed by atoms with E-state index in [-0.39, 0.29) is 5.91 Å². The van der Waals surface area contributed by atoms with Gasteiger partial charge in [-0.2, -0.15) is 16.4 Å². The van der Waals surface area contributed by atoms with Crippen molar-refractivity contribution in [2.24, 2.45) is 11.0 Å². The van der Waals surface area contributed by atoms with Crippen LogP contribution in [-0.4, -0.2) is 12.1 Å². The number of nitrogens with one attached hydrogen (secondary N) is 1. The number of hydrogen-bond donors (Lipinski definition) is 1. The van der Waals surface area contributed by atoms with Gasteiger partial charge in [0.15, 0.2) is 0 Å². The second-order valence-corrected chi connectivity index (χ2v) is 4.23. The number of carbonyl (C=O) groups excluding carboxylic acids is 1. The molecule has 0 bridgehead atoms. The zero-order valence-electron chi connectivity index (χ0n) is 8.36. The highest BCUT2D eigenvalue weighted by Gasteiger charge is 2.01. The van der Waals surface area contributed by atoms with Crippen LogP contribution in [0.25, 0.3) is 0 Å². The fraction of sp³-hybridized carbons (Fsp3) is 0.400. The van der Waals surface area contributed by atoms with Crippen LogP contribution in [0.1, 0.15) is 25.8 Å². The van der Waals surface area contributed by atoms with E-state index in [4.69, 9.17) is 0 Å². The maximum atomic E-state index is 11.2. The highest BCUT2D eigenvalue weighted by molar-refractivity contribution is 7.08. The van der Waals surface area contributed by atoms with Gasteiger partial charge in [0.2, 0.25) is 5.91 Å². The molecule has 0 saturated carbocycles. The lowest BCUT2D eigenvalue weighted by Gasteiger charge is -2.01. The minimum atomic E-state index is -0.0357. The predicted molar refractivity (Wildman–Crippen MR) is 59.5 cm³/mol. The third-order valence-electron chi connectivity index (χ3n) is 1.54. The van der Waals surface area contributed by atoms with Gasteiger partial charge in [-0.3, -0.25) is 4.79 Å². The number of thiophene rings is 1. The Hall–Kier alpha value is -1.16. The fourth-order valence-corrected chi connectivity index (χ4v) is 1.55. The largest absolute Gasteiger partial charge is 0.273 e. The summed E-state index contributed by atoms with van der Waals surface area (Å²) in [4.78, 5) is 11.2. The van der Waals surface area contributed by atoms with E-state index in [0.29, 0.717) is 12.3 Å². The summed E-state index contributed by atoms with van der Waals surface area (Å²) in [6.45, 7) is 4.00. The van der Waals surface area contributed by atoms with Gasteiger partial charge in [0.25, 0.3) is 0 Å². The number of nitrogens with zero attached hydrogens (tertiary/aromatic N) is 1. The molecule has 1 heterocycles. The molecule has 1 rings (SSSR count). The van der Waals surface area contributed by atoms with Crippen LogP contribution in [0.4, 0.5) is 0 Å². The van der Waals surface area contributed by atoms with Gasteiger partial charge >= 0.3 is 0 Å². The molecule has 0 unspecified atom stereocenters. The molecule has 1 aromatic rings. The molecule has 0 aliphatic rings. The molecular formula is C10H14N2OS. The molecule has 76 valence electrons. The molecule has 1 aromatic heterocycles. The molecule has 0 aliphatic carbocycles. The summed E-state index contributed by atoms with van der Waals surface area (Å²) in [6.07, 6.45) is 2.16. The van der Waals surface area contributed by atoms with Crippen molar-refractivity contribution in [3.8, 4) is 0 Å². The maximum absolute atomic E-state index is 11.2. The standard InChI is InChI=1S/C10H14N2OS/c1-8(2)5-10(13)12-11-6-9-3-4-14-7-9/h3-4,6-8H,5H2,1-2H3,(H,12,13)/b11-6+. The summed E-state index contributed by atoms with van der Waals surface area (Å²) < 4.78 is 0. The van der Waals surface area contributed by atoms with Crippen molar-refractivity contribution < 1.29 is 4.79 Å². The molecule has 3 nitrogen and oxygen atoms in total. The van der Waals surface area contributed by atoms with Gasteiger partial charge in [0.1, 0.15) is 0 Å². The van der Waals surface area contributed by atoms with Crippen molar-refractivity contribution >= 4 is 23.5 Å². The topological polar surface area (TPSA) is 41.5 Å². The lowest BCUT2D eigenvalue weighted by molar-refractivity contribution is -0.121. The molecule has 0 aliphatic heterocycles. The minimum absolute atomic E-state index is 0.0357. The monoisotopic (exact) mass is 210 g/mol.